The van der Waals surface area contributed by atoms with E-state index in [1.54, 1.807) is 0 Å². The lowest BCUT2D eigenvalue weighted by molar-refractivity contribution is -0.154. The Morgan fingerprint density at radius 3 is 2.38 bits per heavy atom. The Kier molecular flexibility index (Phi) is 4.70. The lowest BCUT2D eigenvalue weighted by Crippen LogP contribution is -2.26. The predicted molar refractivity (Wildman–Crippen MR) is 52.6 cm³/mol. The maximum atomic E-state index is 11.4. The van der Waals surface area contributed by atoms with E-state index in [9.17, 15) is 9.59 Å². The van der Waals surface area contributed by atoms with Crippen molar-refractivity contribution in [3.63, 3.8) is 0 Å². The van der Waals surface area contributed by atoms with Crippen LogP contribution in [-0.4, -0.2) is 44.2 Å². The van der Waals surface area contributed by atoms with Crippen molar-refractivity contribution in [2.24, 2.45) is 11.8 Å². The first-order valence-corrected chi connectivity index (χ1v) is 5.01. The number of aliphatic carboxylic acids is 1. The molecule has 0 aromatic rings. The van der Waals surface area contributed by atoms with Crippen molar-refractivity contribution in [3.8, 4) is 0 Å². The van der Waals surface area contributed by atoms with Gasteiger partial charge in [-0.1, -0.05) is 0 Å². The van der Waals surface area contributed by atoms with Gasteiger partial charge in [-0.25, -0.2) is 0 Å². The van der Waals surface area contributed by atoms with Crippen molar-refractivity contribution in [3.05, 3.63) is 0 Å². The lowest BCUT2D eigenvalue weighted by Gasteiger charge is -2.11. The van der Waals surface area contributed by atoms with E-state index >= 15 is 0 Å². The molecule has 0 unspecified atom stereocenters. The first-order chi connectivity index (χ1) is 7.60. The van der Waals surface area contributed by atoms with E-state index < -0.39 is 23.8 Å². The maximum Gasteiger partial charge on any atom is 0.309 e. The van der Waals surface area contributed by atoms with E-state index in [1.165, 1.54) is 14.2 Å². The highest BCUT2D eigenvalue weighted by molar-refractivity contribution is 5.81. The number of carbonyl (C=O) groups excluding carboxylic acids is 1. The number of ether oxygens (including phenoxy) is 3. The van der Waals surface area contributed by atoms with E-state index in [0.29, 0.717) is 12.8 Å². The van der Waals surface area contributed by atoms with Gasteiger partial charge in [0.25, 0.3) is 0 Å². The summed E-state index contributed by atoms with van der Waals surface area (Å²) in [5.41, 5.74) is 0. The lowest BCUT2D eigenvalue weighted by atomic mass is 9.97. The molecule has 1 saturated carbocycles. The third-order valence-electron chi connectivity index (χ3n) is 2.76. The number of rotatable bonds is 5. The summed E-state index contributed by atoms with van der Waals surface area (Å²) in [4.78, 5) is 22.3. The van der Waals surface area contributed by atoms with Crippen LogP contribution in [0.5, 0.6) is 0 Å². The van der Waals surface area contributed by atoms with Gasteiger partial charge >= 0.3 is 11.9 Å². The number of hydrogen-bond donors (Lipinski definition) is 1. The van der Waals surface area contributed by atoms with Crippen LogP contribution < -0.4 is 0 Å². The van der Waals surface area contributed by atoms with Crippen molar-refractivity contribution >= 4 is 11.9 Å². The van der Waals surface area contributed by atoms with Crippen molar-refractivity contribution in [1.82, 2.24) is 0 Å². The van der Waals surface area contributed by atoms with Crippen molar-refractivity contribution in [1.29, 1.82) is 0 Å². The molecule has 1 aliphatic rings. The Bertz CT molecular complexity index is 264. The van der Waals surface area contributed by atoms with Crippen LogP contribution in [-0.2, 0) is 23.8 Å². The van der Waals surface area contributed by atoms with Gasteiger partial charge in [0.05, 0.1) is 25.0 Å². The van der Waals surface area contributed by atoms with Crippen molar-refractivity contribution in [2.45, 2.75) is 18.9 Å². The van der Waals surface area contributed by atoms with Crippen LogP contribution in [0.1, 0.15) is 12.8 Å². The molecule has 6 nitrogen and oxygen atoms in total. The Morgan fingerprint density at radius 2 is 1.88 bits per heavy atom. The molecule has 0 aromatic heterocycles. The normalized spacial score (nSPS) is 29.0. The smallest absolute Gasteiger partial charge is 0.309 e. The Morgan fingerprint density at radius 1 is 1.25 bits per heavy atom. The summed E-state index contributed by atoms with van der Waals surface area (Å²) in [6.45, 7) is 0.102. The van der Waals surface area contributed by atoms with Crippen LogP contribution in [0, 0.1) is 11.8 Å². The number of hydrogen-bond acceptors (Lipinski definition) is 5. The number of carboxylic acid groups (broad SMARTS) is 1. The first kappa shape index (κ1) is 12.9. The Hall–Kier alpha value is -1.14. The molecule has 3 atom stereocenters. The molecule has 0 bridgehead atoms. The predicted octanol–water partition coefficient (Wildman–Crippen LogP) is 0.259. The molecule has 0 saturated heterocycles. The minimum absolute atomic E-state index is 0.102. The fraction of sp³-hybridized carbons (Fsp3) is 0.800. The number of carboxylic acids is 1. The molecule has 1 aliphatic carbocycles. The van der Waals surface area contributed by atoms with Crippen LogP contribution >= 0.6 is 0 Å². The van der Waals surface area contributed by atoms with Gasteiger partial charge in [-0.15, -0.1) is 0 Å². The summed E-state index contributed by atoms with van der Waals surface area (Å²) in [5, 5.41) is 8.98. The SMILES string of the molecule is COCO[C@H]1C[C@@H](C(=O)O)[C@H](C(=O)OC)C1. The number of carbonyl (C=O) groups is 2. The van der Waals surface area contributed by atoms with Crippen LogP contribution in [0.3, 0.4) is 0 Å². The zero-order valence-corrected chi connectivity index (χ0v) is 9.34. The summed E-state index contributed by atoms with van der Waals surface area (Å²) in [5.74, 6) is -2.83. The van der Waals surface area contributed by atoms with Gasteiger partial charge in [0.15, 0.2) is 0 Å². The summed E-state index contributed by atoms with van der Waals surface area (Å²) >= 11 is 0. The average Bonchev–Trinajstić information content (AvgIpc) is 2.69. The molecule has 0 heterocycles. The van der Waals surface area contributed by atoms with Gasteiger partial charge < -0.3 is 19.3 Å². The van der Waals surface area contributed by atoms with Gasteiger partial charge in [-0.2, -0.15) is 0 Å². The van der Waals surface area contributed by atoms with Crippen LogP contribution in [0.2, 0.25) is 0 Å². The highest BCUT2D eigenvalue weighted by Crippen LogP contribution is 2.34. The maximum absolute atomic E-state index is 11.4. The molecule has 1 rings (SSSR count). The van der Waals surface area contributed by atoms with Crippen molar-refractivity contribution < 1.29 is 28.9 Å². The largest absolute Gasteiger partial charge is 0.481 e. The molecule has 6 heteroatoms. The zero-order chi connectivity index (χ0) is 12.1. The summed E-state index contributed by atoms with van der Waals surface area (Å²) in [7, 11) is 2.74. The number of esters is 1. The Balaban J connectivity index is 2.61. The highest BCUT2D eigenvalue weighted by atomic mass is 16.7. The third kappa shape index (κ3) is 2.93. The fourth-order valence-electron chi connectivity index (χ4n) is 1.98. The van der Waals surface area contributed by atoms with Gasteiger partial charge in [-0.05, 0) is 12.8 Å². The molecule has 1 fully saturated rings. The number of methoxy groups -OCH3 is 2. The standard InChI is InChI=1S/C10H16O6/c1-14-5-16-6-3-7(9(11)12)8(4-6)10(13)15-2/h6-8H,3-5H2,1-2H3,(H,11,12)/t6-,7+,8+/m0/s1. The molecule has 0 aromatic carbocycles. The zero-order valence-electron chi connectivity index (χ0n) is 9.34. The minimum atomic E-state index is -0.987. The van der Waals surface area contributed by atoms with Gasteiger partial charge in [0, 0.05) is 7.11 Å². The molecular weight excluding hydrogens is 216 g/mol. The molecule has 16 heavy (non-hydrogen) atoms. The monoisotopic (exact) mass is 232 g/mol. The second-order valence-corrected chi connectivity index (χ2v) is 3.74. The summed E-state index contributed by atoms with van der Waals surface area (Å²) in [6, 6.07) is 0. The second-order valence-electron chi connectivity index (χ2n) is 3.74. The quantitative estimate of drug-likeness (QED) is 0.541. The highest BCUT2D eigenvalue weighted by Gasteiger charge is 2.44. The van der Waals surface area contributed by atoms with E-state index in [1.807, 2.05) is 0 Å². The van der Waals surface area contributed by atoms with E-state index in [-0.39, 0.29) is 12.9 Å². The van der Waals surface area contributed by atoms with Crippen LogP contribution in [0.15, 0.2) is 0 Å². The molecule has 1 N–H and O–H groups in total. The molecular formula is C10H16O6. The van der Waals surface area contributed by atoms with Gasteiger partial charge in [0.1, 0.15) is 6.79 Å². The van der Waals surface area contributed by atoms with Crippen molar-refractivity contribution in [2.75, 3.05) is 21.0 Å². The second kappa shape index (κ2) is 5.81. The van der Waals surface area contributed by atoms with E-state index in [4.69, 9.17) is 14.6 Å². The third-order valence-corrected chi connectivity index (χ3v) is 2.76. The molecule has 92 valence electrons. The molecule has 0 amide bonds. The van der Waals surface area contributed by atoms with Gasteiger partial charge in [0.2, 0.25) is 0 Å². The molecule has 0 radical (unpaired) electrons. The first-order valence-electron chi connectivity index (χ1n) is 5.01. The Labute approximate surface area is 93.5 Å². The van der Waals surface area contributed by atoms with E-state index in [2.05, 4.69) is 4.74 Å². The molecule has 0 aliphatic heterocycles. The topological polar surface area (TPSA) is 82.1 Å². The summed E-state index contributed by atoms with van der Waals surface area (Å²) in [6.07, 6.45) is 0.427. The minimum Gasteiger partial charge on any atom is -0.481 e. The van der Waals surface area contributed by atoms with Crippen LogP contribution in [0.25, 0.3) is 0 Å². The van der Waals surface area contributed by atoms with Gasteiger partial charge in [-0.3, -0.25) is 9.59 Å². The summed E-state index contributed by atoms with van der Waals surface area (Å²) < 4.78 is 14.6. The van der Waals surface area contributed by atoms with E-state index in [0.717, 1.165) is 0 Å². The van der Waals surface area contributed by atoms with Crippen LogP contribution in [0.4, 0.5) is 0 Å². The molecule has 0 spiro atoms. The fourth-order valence-corrected chi connectivity index (χ4v) is 1.98. The average molecular weight is 232 g/mol.